The third-order valence-corrected chi connectivity index (χ3v) is 2.69. The number of hydrogen-bond acceptors (Lipinski definition) is 5. The Hall–Kier alpha value is -1.72. The zero-order valence-electron chi connectivity index (χ0n) is 9.78. The summed E-state index contributed by atoms with van der Waals surface area (Å²) < 4.78 is 5.32. The van der Waals surface area contributed by atoms with Crippen molar-refractivity contribution in [2.24, 2.45) is 5.73 Å². The molecule has 2 N–H and O–H groups in total. The first kappa shape index (κ1) is 11.8. The van der Waals surface area contributed by atoms with Gasteiger partial charge in [-0.1, -0.05) is 0 Å². The van der Waals surface area contributed by atoms with Crippen molar-refractivity contribution < 1.29 is 4.42 Å². The highest BCUT2D eigenvalue weighted by Gasteiger charge is 2.17. The zero-order valence-corrected chi connectivity index (χ0v) is 9.78. The fourth-order valence-electron chi connectivity index (χ4n) is 1.78. The first-order valence-corrected chi connectivity index (χ1v) is 5.50. The van der Waals surface area contributed by atoms with Crippen LogP contribution in [0.25, 0.3) is 0 Å². The van der Waals surface area contributed by atoms with E-state index >= 15 is 0 Å². The molecule has 0 saturated heterocycles. The molecule has 5 nitrogen and oxygen atoms in total. The summed E-state index contributed by atoms with van der Waals surface area (Å²) in [5, 5.41) is 0. The molecule has 90 valence electrons. The summed E-state index contributed by atoms with van der Waals surface area (Å²) in [6, 6.07) is 5.79. The first-order valence-electron chi connectivity index (χ1n) is 5.50. The topological polar surface area (TPSA) is 68.2 Å². The second-order valence-corrected chi connectivity index (χ2v) is 3.88. The largest absolute Gasteiger partial charge is 0.468 e. The van der Waals surface area contributed by atoms with Crippen molar-refractivity contribution in [2.75, 3.05) is 13.6 Å². The molecule has 0 aliphatic heterocycles. The van der Waals surface area contributed by atoms with Crippen LogP contribution >= 0.6 is 0 Å². The summed E-state index contributed by atoms with van der Waals surface area (Å²) in [4.78, 5) is 10.3. The molecule has 0 saturated carbocycles. The van der Waals surface area contributed by atoms with E-state index in [0.29, 0.717) is 13.1 Å². The lowest BCUT2D eigenvalue weighted by atomic mass is 10.1. The smallest absolute Gasteiger partial charge is 0.117 e. The maximum atomic E-state index is 5.80. The predicted molar refractivity (Wildman–Crippen MR) is 64.0 cm³/mol. The first-order chi connectivity index (χ1) is 8.31. The van der Waals surface area contributed by atoms with E-state index in [0.717, 1.165) is 11.5 Å². The molecule has 0 amide bonds. The number of nitrogens with two attached hydrogens (primary N) is 1. The Morgan fingerprint density at radius 1 is 1.47 bits per heavy atom. The van der Waals surface area contributed by atoms with Gasteiger partial charge in [-0.2, -0.15) is 0 Å². The number of furan rings is 1. The molecule has 1 atom stereocenters. The van der Waals surface area contributed by atoms with Crippen molar-refractivity contribution in [3.63, 3.8) is 0 Å². The van der Waals surface area contributed by atoms with Crippen LogP contribution in [0.2, 0.25) is 0 Å². The Bertz CT molecular complexity index is 429. The van der Waals surface area contributed by atoms with E-state index in [1.54, 1.807) is 18.8 Å². The van der Waals surface area contributed by atoms with Crippen molar-refractivity contribution in [1.29, 1.82) is 0 Å². The van der Waals surface area contributed by atoms with E-state index in [4.69, 9.17) is 10.2 Å². The van der Waals surface area contributed by atoms with Gasteiger partial charge in [-0.25, -0.2) is 9.97 Å². The van der Waals surface area contributed by atoms with Crippen LogP contribution in [0.3, 0.4) is 0 Å². The fraction of sp³-hybridized carbons (Fsp3) is 0.333. The van der Waals surface area contributed by atoms with Crippen LogP contribution < -0.4 is 5.73 Å². The molecule has 0 bridgehead atoms. The van der Waals surface area contributed by atoms with E-state index < -0.39 is 0 Å². The van der Waals surface area contributed by atoms with Crippen LogP contribution in [0.4, 0.5) is 0 Å². The lowest BCUT2D eigenvalue weighted by Crippen LogP contribution is -2.30. The molecule has 0 spiro atoms. The standard InChI is InChI=1S/C12H16N4O/c1-16(8-10-3-2-6-17-10)12(7-13)11-4-5-14-9-15-11/h2-6,9,12H,7-8,13H2,1H3. The molecule has 1 unspecified atom stereocenters. The average Bonchev–Trinajstić information content (AvgIpc) is 2.84. The minimum atomic E-state index is 0.0723. The van der Waals surface area contributed by atoms with Gasteiger partial charge in [0.15, 0.2) is 0 Å². The number of nitrogens with zero attached hydrogens (tertiary/aromatic N) is 3. The lowest BCUT2D eigenvalue weighted by Gasteiger charge is -2.25. The van der Waals surface area contributed by atoms with Crippen molar-refractivity contribution in [2.45, 2.75) is 12.6 Å². The van der Waals surface area contributed by atoms with Gasteiger partial charge in [0.05, 0.1) is 24.5 Å². The SMILES string of the molecule is CN(Cc1ccco1)C(CN)c1ccncn1. The van der Waals surface area contributed by atoms with E-state index in [2.05, 4.69) is 14.9 Å². The molecule has 2 heterocycles. The van der Waals surface area contributed by atoms with Crippen molar-refractivity contribution in [3.05, 3.63) is 48.4 Å². The highest BCUT2D eigenvalue weighted by molar-refractivity contribution is 5.06. The van der Waals surface area contributed by atoms with Gasteiger partial charge in [-0.3, -0.25) is 4.90 Å². The van der Waals surface area contributed by atoms with Crippen molar-refractivity contribution >= 4 is 0 Å². The van der Waals surface area contributed by atoms with E-state index in [1.165, 1.54) is 0 Å². The van der Waals surface area contributed by atoms with Crippen LogP contribution in [0, 0.1) is 0 Å². The number of hydrogen-bond donors (Lipinski definition) is 1. The van der Waals surface area contributed by atoms with Gasteiger partial charge in [-0.15, -0.1) is 0 Å². The third kappa shape index (κ3) is 2.89. The van der Waals surface area contributed by atoms with Gasteiger partial charge >= 0.3 is 0 Å². The van der Waals surface area contributed by atoms with E-state index in [-0.39, 0.29) is 6.04 Å². The molecule has 0 aliphatic carbocycles. The highest BCUT2D eigenvalue weighted by Crippen LogP contribution is 2.17. The monoisotopic (exact) mass is 232 g/mol. The minimum Gasteiger partial charge on any atom is -0.468 e. The Morgan fingerprint density at radius 2 is 2.35 bits per heavy atom. The summed E-state index contributed by atoms with van der Waals surface area (Å²) in [6.07, 6.45) is 4.94. The quantitative estimate of drug-likeness (QED) is 0.839. The van der Waals surface area contributed by atoms with Crippen LogP contribution in [-0.4, -0.2) is 28.5 Å². The summed E-state index contributed by atoms with van der Waals surface area (Å²) in [5.74, 6) is 0.917. The van der Waals surface area contributed by atoms with Crippen LogP contribution in [-0.2, 0) is 6.54 Å². The van der Waals surface area contributed by atoms with Crippen LogP contribution in [0.1, 0.15) is 17.5 Å². The predicted octanol–water partition coefficient (Wildman–Crippen LogP) is 1.20. The number of rotatable bonds is 5. The molecule has 0 radical (unpaired) electrons. The Labute approximate surface area is 100 Å². The molecule has 5 heteroatoms. The Kier molecular flexibility index (Phi) is 3.85. The Balaban J connectivity index is 2.08. The van der Waals surface area contributed by atoms with Crippen LogP contribution in [0.15, 0.2) is 41.4 Å². The minimum absolute atomic E-state index is 0.0723. The number of likely N-dealkylation sites (N-methyl/N-ethyl adjacent to an activating group) is 1. The van der Waals surface area contributed by atoms with Crippen LogP contribution in [0.5, 0.6) is 0 Å². The van der Waals surface area contributed by atoms with Gasteiger partial charge in [0.25, 0.3) is 0 Å². The molecule has 0 aromatic carbocycles. The van der Waals surface area contributed by atoms with Crippen molar-refractivity contribution in [3.8, 4) is 0 Å². The lowest BCUT2D eigenvalue weighted by molar-refractivity contribution is 0.219. The molecule has 2 rings (SSSR count). The molecular weight excluding hydrogens is 216 g/mol. The molecule has 0 aliphatic rings. The second-order valence-electron chi connectivity index (χ2n) is 3.88. The highest BCUT2D eigenvalue weighted by atomic mass is 16.3. The summed E-state index contributed by atoms with van der Waals surface area (Å²) in [7, 11) is 2.00. The zero-order chi connectivity index (χ0) is 12.1. The molecule has 0 fully saturated rings. The van der Waals surface area contributed by atoms with Gasteiger partial charge < -0.3 is 10.2 Å². The van der Waals surface area contributed by atoms with E-state index in [1.807, 2.05) is 25.2 Å². The normalized spacial score (nSPS) is 12.9. The van der Waals surface area contributed by atoms with Gasteiger partial charge in [0, 0.05) is 12.7 Å². The van der Waals surface area contributed by atoms with Gasteiger partial charge in [0.1, 0.15) is 12.1 Å². The van der Waals surface area contributed by atoms with Crippen molar-refractivity contribution in [1.82, 2.24) is 14.9 Å². The molecule has 2 aromatic rings. The maximum absolute atomic E-state index is 5.80. The maximum Gasteiger partial charge on any atom is 0.117 e. The Morgan fingerprint density at radius 3 is 2.94 bits per heavy atom. The van der Waals surface area contributed by atoms with Gasteiger partial charge in [0.2, 0.25) is 0 Å². The van der Waals surface area contributed by atoms with E-state index in [9.17, 15) is 0 Å². The summed E-state index contributed by atoms with van der Waals surface area (Å²) >= 11 is 0. The average molecular weight is 232 g/mol. The summed E-state index contributed by atoms with van der Waals surface area (Å²) in [6.45, 7) is 1.22. The second kappa shape index (κ2) is 5.56. The third-order valence-electron chi connectivity index (χ3n) is 2.69. The molecule has 2 aromatic heterocycles. The fourth-order valence-corrected chi connectivity index (χ4v) is 1.78. The van der Waals surface area contributed by atoms with Gasteiger partial charge in [-0.05, 0) is 25.2 Å². The molecular formula is C12H16N4O. The summed E-state index contributed by atoms with van der Waals surface area (Å²) in [5.41, 5.74) is 6.73. The number of aromatic nitrogens is 2. The molecule has 17 heavy (non-hydrogen) atoms.